The lowest BCUT2D eigenvalue weighted by Gasteiger charge is -2.16. The summed E-state index contributed by atoms with van der Waals surface area (Å²) in [6.45, 7) is 3.75. The summed E-state index contributed by atoms with van der Waals surface area (Å²) in [5.41, 5.74) is 0.0582. The van der Waals surface area contributed by atoms with E-state index in [-0.39, 0.29) is 23.9 Å². The number of hydrogen-bond acceptors (Lipinski definition) is 5. The van der Waals surface area contributed by atoms with Crippen LogP contribution in [0.25, 0.3) is 11.0 Å². The second-order valence-corrected chi connectivity index (χ2v) is 5.77. The van der Waals surface area contributed by atoms with Gasteiger partial charge in [-0.2, -0.15) is 0 Å². The lowest BCUT2D eigenvalue weighted by molar-refractivity contribution is 0.229. The Morgan fingerprint density at radius 2 is 1.79 bits per heavy atom. The highest BCUT2D eigenvalue weighted by Gasteiger charge is 2.31. The zero-order valence-corrected chi connectivity index (χ0v) is 11.7. The Morgan fingerprint density at radius 1 is 1.16 bits per heavy atom. The van der Waals surface area contributed by atoms with E-state index in [4.69, 9.17) is 13.5 Å². The third kappa shape index (κ3) is 2.63. The molecule has 0 amide bonds. The van der Waals surface area contributed by atoms with Gasteiger partial charge in [0.25, 0.3) is 0 Å². The van der Waals surface area contributed by atoms with Gasteiger partial charge in [0.15, 0.2) is 0 Å². The van der Waals surface area contributed by atoms with Crippen LogP contribution in [0.15, 0.2) is 39.7 Å². The van der Waals surface area contributed by atoms with Crippen molar-refractivity contribution in [1.82, 2.24) is 0 Å². The first-order chi connectivity index (χ1) is 9.12. The van der Waals surface area contributed by atoms with Crippen molar-refractivity contribution < 1.29 is 18.0 Å². The summed E-state index contributed by atoms with van der Waals surface area (Å²) < 4.78 is 28.2. The van der Waals surface area contributed by atoms with Crippen LogP contribution in [0.5, 0.6) is 0 Å². The zero-order chi connectivity index (χ0) is 13.9. The summed E-state index contributed by atoms with van der Waals surface area (Å²) in [6, 6.07) is 6.77. The quantitative estimate of drug-likeness (QED) is 0.789. The van der Waals surface area contributed by atoms with E-state index in [1.54, 1.807) is 38.1 Å². The van der Waals surface area contributed by atoms with Gasteiger partial charge < -0.3 is 13.5 Å². The molecule has 0 unspecified atom stereocenters. The molecule has 0 saturated carbocycles. The molecule has 102 valence electrons. The Morgan fingerprint density at radius 3 is 2.42 bits per heavy atom. The lowest BCUT2D eigenvalue weighted by Crippen LogP contribution is -2.26. The fourth-order valence-electron chi connectivity index (χ4n) is 1.77. The van der Waals surface area contributed by atoms with Crippen molar-refractivity contribution in [3.8, 4) is 0 Å². The van der Waals surface area contributed by atoms with E-state index in [9.17, 15) is 9.36 Å². The molecule has 2 aromatic rings. The van der Waals surface area contributed by atoms with E-state index in [1.165, 1.54) is 0 Å². The van der Waals surface area contributed by atoms with Crippen molar-refractivity contribution in [2.45, 2.75) is 13.8 Å². The molecular formula is C13H15O5P. The highest BCUT2D eigenvalue weighted by molar-refractivity contribution is 7.62. The van der Waals surface area contributed by atoms with Crippen LogP contribution in [0.4, 0.5) is 0 Å². The number of fused-ring (bicyclic) bond motifs is 1. The average Bonchev–Trinajstić information content (AvgIpc) is 2.40. The van der Waals surface area contributed by atoms with E-state index in [1.807, 2.05) is 0 Å². The first-order valence-electron chi connectivity index (χ1n) is 6.02. The minimum absolute atomic E-state index is 0.0603. The second kappa shape index (κ2) is 5.70. The molecule has 5 nitrogen and oxygen atoms in total. The predicted octanol–water partition coefficient (Wildman–Crippen LogP) is 2.68. The lowest BCUT2D eigenvalue weighted by atomic mass is 10.2. The SMILES string of the molecule is CCOP(=O)(OCC)c1coc2ccccc2c1=O. The molecule has 19 heavy (non-hydrogen) atoms. The van der Waals surface area contributed by atoms with Crippen LogP contribution in [0.3, 0.4) is 0 Å². The van der Waals surface area contributed by atoms with Gasteiger partial charge in [-0.25, -0.2) is 0 Å². The molecule has 0 atom stereocenters. The number of para-hydroxylation sites is 1. The van der Waals surface area contributed by atoms with Gasteiger partial charge in [0.1, 0.15) is 17.2 Å². The van der Waals surface area contributed by atoms with Gasteiger partial charge in [-0.1, -0.05) is 12.1 Å². The minimum atomic E-state index is -3.62. The van der Waals surface area contributed by atoms with Crippen LogP contribution in [-0.4, -0.2) is 13.2 Å². The molecule has 0 N–H and O–H groups in total. The Labute approximate surface area is 110 Å². The number of benzene rings is 1. The molecule has 6 heteroatoms. The van der Waals surface area contributed by atoms with Gasteiger partial charge in [-0.15, -0.1) is 0 Å². The summed E-state index contributed by atoms with van der Waals surface area (Å²) in [4.78, 5) is 12.3. The monoisotopic (exact) mass is 282 g/mol. The molecule has 0 saturated heterocycles. The van der Waals surface area contributed by atoms with Gasteiger partial charge in [0.05, 0.1) is 18.6 Å². The van der Waals surface area contributed by atoms with Crippen LogP contribution in [0.2, 0.25) is 0 Å². The van der Waals surface area contributed by atoms with E-state index in [0.29, 0.717) is 11.0 Å². The second-order valence-electron chi connectivity index (χ2n) is 3.78. The van der Waals surface area contributed by atoms with Crippen molar-refractivity contribution in [2.75, 3.05) is 13.2 Å². The molecular weight excluding hydrogens is 267 g/mol. The molecule has 0 aliphatic carbocycles. The molecule has 1 aromatic carbocycles. The highest BCUT2D eigenvalue weighted by Crippen LogP contribution is 2.45. The maximum atomic E-state index is 12.6. The Kier molecular flexibility index (Phi) is 4.20. The van der Waals surface area contributed by atoms with E-state index in [2.05, 4.69) is 0 Å². The summed E-state index contributed by atoms with van der Waals surface area (Å²) in [7, 11) is -3.62. The molecule has 0 bridgehead atoms. The van der Waals surface area contributed by atoms with Crippen molar-refractivity contribution in [3.05, 3.63) is 40.8 Å². The van der Waals surface area contributed by atoms with Crippen molar-refractivity contribution in [3.63, 3.8) is 0 Å². The van der Waals surface area contributed by atoms with Gasteiger partial charge in [0, 0.05) is 0 Å². The smallest absolute Gasteiger partial charge is 0.368 e. The molecule has 1 heterocycles. The van der Waals surface area contributed by atoms with Crippen LogP contribution in [-0.2, 0) is 13.6 Å². The van der Waals surface area contributed by atoms with Gasteiger partial charge in [-0.05, 0) is 26.0 Å². The molecule has 0 fully saturated rings. The largest absolute Gasteiger partial charge is 0.463 e. The Hall–Kier alpha value is -1.42. The van der Waals surface area contributed by atoms with Crippen molar-refractivity contribution in [2.24, 2.45) is 0 Å². The van der Waals surface area contributed by atoms with Crippen molar-refractivity contribution in [1.29, 1.82) is 0 Å². The van der Waals surface area contributed by atoms with Gasteiger partial charge in [-0.3, -0.25) is 9.36 Å². The molecule has 0 aliphatic rings. The third-order valence-electron chi connectivity index (χ3n) is 2.56. The first-order valence-corrected chi connectivity index (χ1v) is 7.57. The summed E-state index contributed by atoms with van der Waals surface area (Å²) >= 11 is 0. The Balaban J connectivity index is 2.64. The van der Waals surface area contributed by atoms with Gasteiger partial charge >= 0.3 is 7.60 Å². The fraction of sp³-hybridized carbons (Fsp3) is 0.308. The van der Waals surface area contributed by atoms with Crippen LogP contribution >= 0.6 is 7.60 Å². The number of hydrogen-bond donors (Lipinski definition) is 0. The zero-order valence-electron chi connectivity index (χ0n) is 10.8. The molecule has 0 spiro atoms. The molecule has 2 rings (SSSR count). The molecule has 0 aliphatic heterocycles. The third-order valence-corrected chi connectivity index (χ3v) is 4.65. The van der Waals surface area contributed by atoms with E-state index < -0.39 is 7.60 Å². The normalized spacial score (nSPS) is 11.9. The van der Waals surface area contributed by atoms with Gasteiger partial charge in [0.2, 0.25) is 5.43 Å². The van der Waals surface area contributed by atoms with Crippen molar-refractivity contribution >= 4 is 23.9 Å². The van der Waals surface area contributed by atoms with Crippen LogP contribution in [0.1, 0.15) is 13.8 Å². The maximum absolute atomic E-state index is 12.6. The molecule has 1 aromatic heterocycles. The minimum Gasteiger partial charge on any atom is -0.463 e. The van der Waals surface area contributed by atoms with E-state index >= 15 is 0 Å². The van der Waals surface area contributed by atoms with E-state index in [0.717, 1.165) is 6.26 Å². The highest BCUT2D eigenvalue weighted by atomic mass is 31.2. The fourth-order valence-corrected chi connectivity index (χ4v) is 3.36. The first kappa shape index (κ1) is 14.0. The molecule has 0 radical (unpaired) electrons. The predicted molar refractivity (Wildman–Crippen MR) is 73.0 cm³/mol. The summed E-state index contributed by atoms with van der Waals surface area (Å²) in [5, 5.41) is 0.300. The topological polar surface area (TPSA) is 65.7 Å². The Bertz CT molecular complexity index is 666. The summed E-state index contributed by atoms with van der Waals surface area (Å²) in [5.74, 6) is 0. The average molecular weight is 282 g/mol. The number of rotatable bonds is 5. The van der Waals surface area contributed by atoms with Crippen LogP contribution in [0, 0.1) is 0 Å². The maximum Gasteiger partial charge on any atom is 0.368 e. The van der Waals surface area contributed by atoms with Crippen LogP contribution < -0.4 is 10.7 Å². The standard InChI is InChI=1S/C13H15O5P/c1-3-17-19(15,18-4-2)12-9-16-11-8-6-5-7-10(11)13(12)14/h5-9H,3-4H2,1-2H3. The summed E-state index contributed by atoms with van der Waals surface area (Å²) in [6.07, 6.45) is 1.16.